The first-order chi connectivity index (χ1) is 7.15. The van der Waals surface area contributed by atoms with Gasteiger partial charge >= 0.3 is 0 Å². The van der Waals surface area contributed by atoms with E-state index in [1.165, 1.54) is 5.01 Å². The predicted molar refractivity (Wildman–Crippen MR) is 60.6 cm³/mol. The molecular weight excluding hydrogens is 188 g/mol. The number of benzene rings is 1. The van der Waals surface area contributed by atoms with E-state index in [1.807, 2.05) is 37.3 Å². The monoisotopic (exact) mass is 204 g/mol. The molecule has 3 heteroatoms. The summed E-state index contributed by atoms with van der Waals surface area (Å²) in [6, 6.07) is 9.67. The highest BCUT2D eigenvalue weighted by Crippen LogP contribution is 2.04. The summed E-state index contributed by atoms with van der Waals surface area (Å²) >= 11 is 0. The van der Waals surface area contributed by atoms with Gasteiger partial charge in [-0.25, -0.2) is 5.84 Å². The van der Waals surface area contributed by atoms with E-state index in [0.29, 0.717) is 12.1 Å². The molecule has 0 aromatic heterocycles. The van der Waals surface area contributed by atoms with Crippen molar-refractivity contribution in [3.05, 3.63) is 47.5 Å². The van der Waals surface area contributed by atoms with E-state index in [1.54, 1.807) is 13.0 Å². The third-order valence-electron chi connectivity index (χ3n) is 2.23. The number of nitrogens with zero attached hydrogens (tertiary/aromatic N) is 1. The number of hydrogen-bond acceptors (Lipinski definition) is 2. The summed E-state index contributed by atoms with van der Waals surface area (Å²) in [4.78, 5) is 11.6. The molecule has 2 N–H and O–H groups in total. The molecule has 1 rings (SSSR count). The molecule has 0 aliphatic rings. The van der Waals surface area contributed by atoms with E-state index in [-0.39, 0.29) is 5.91 Å². The zero-order valence-electron chi connectivity index (χ0n) is 9.10. The first-order valence-electron chi connectivity index (χ1n) is 4.88. The van der Waals surface area contributed by atoms with E-state index in [2.05, 4.69) is 0 Å². The Morgan fingerprint density at radius 2 is 2.00 bits per heavy atom. The van der Waals surface area contributed by atoms with Crippen LogP contribution in [-0.2, 0) is 11.3 Å². The Hall–Kier alpha value is -1.61. The minimum atomic E-state index is -0.138. The van der Waals surface area contributed by atoms with Crippen LogP contribution in [0.25, 0.3) is 0 Å². The summed E-state index contributed by atoms with van der Waals surface area (Å²) in [7, 11) is 0. The van der Waals surface area contributed by atoms with Gasteiger partial charge in [-0.3, -0.25) is 9.80 Å². The van der Waals surface area contributed by atoms with Gasteiger partial charge in [0.15, 0.2) is 0 Å². The molecule has 0 saturated carbocycles. The van der Waals surface area contributed by atoms with Crippen LogP contribution in [0.5, 0.6) is 0 Å². The lowest BCUT2D eigenvalue weighted by Crippen LogP contribution is -2.37. The predicted octanol–water partition coefficient (Wildman–Crippen LogP) is 1.86. The minimum Gasteiger partial charge on any atom is -0.272 e. The Bertz CT molecular complexity index is 357. The average Bonchev–Trinajstić information content (AvgIpc) is 2.28. The van der Waals surface area contributed by atoms with Gasteiger partial charge in [0.05, 0.1) is 6.54 Å². The van der Waals surface area contributed by atoms with Crippen molar-refractivity contribution in [3.8, 4) is 0 Å². The Morgan fingerprint density at radius 1 is 1.40 bits per heavy atom. The minimum absolute atomic E-state index is 0.138. The molecule has 15 heavy (non-hydrogen) atoms. The molecule has 0 unspecified atom stereocenters. The topological polar surface area (TPSA) is 46.3 Å². The Kier molecular flexibility index (Phi) is 4.06. The summed E-state index contributed by atoms with van der Waals surface area (Å²) in [6.07, 6.45) is 1.76. The van der Waals surface area contributed by atoms with Gasteiger partial charge < -0.3 is 0 Å². The van der Waals surface area contributed by atoms with Crippen molar-refractivity contribution in [3.63, 3.8) is 0 Å². The van der Waals surface area contributed by atoms with Crippen molar-refractivity contribution in [2.75, 3.05) is 0 Å². The van der Waals surface area contributed by atoms with Gasteiger partial charge in [0, 0.05) is 5.57 Å². The molecule has 1 aromatic rings. The molecule has 0 atom stereocenters. The standard InChI is InChI=1S/C12H16N2O/c1-3-10(2)12(15)14(13)9-11-7-5-4-6-8-11/h3-8H,9,13H2,1-2H3. The van der Waals surface area contributed by atoms with Gasteiger partial charge in [-0.15, -0.1) is 0 Å². The number of nitrogens with two attached hydrogens (primary N) is 1. The van der Waals surface area contributed by atoms with E-state index >= 15 is 0 Å². The highest BCUT2D eigenvalue weighted by atomic mass is 16.2. The van der Waals surface area contributed by atoms with E-state index in [4.69, 9.17) is 5.84 Å². The highest BCUT2D eigenvalue weighted by molar-refractivity contribution is 5.92. The van der Waals surface area contributed by atoms with Gasteiger partial charge in [-0.1, -0.05) is 36.4 Å². The van der Waals surface area contributed by atoms with Gasteiger partial charge in [0.25, 0.3) is 5.91 Å². The number of carbonyl (C=O) groups excluding carboxylic acids is 1. The molecule has 1 amide bonds. The highest BCUT2D eigenvalue weighted by Gasteiger charge is 2.10. The quantitative estimate of drug-likeness (QED) is 0.353. The normalized spacial score (nSPS) is 11.3. The van der Waals surface area contributed by atoms with E-state index in [0.717, 1.165) is 5.56 Å². The molecule has 0 fully saturated rings. The number of allylic oxidation sites excluding steroid dienone is 1. The number of amides is 1. The zero-order valence-corrected chi connectivity index (χ0v) is 9.10. The molecule has 0 bridgehead atoms. The lowest BCUT2D eigenvalue weighted by Gasteiger charge is -2.16. The maximum absolute atomic E-state index is 11.6. The van der Waals surface area contributed by atoms with Gasteiger partial charge in [0.2, 0.25) is 0 Å². The molecule has 0 aliphatic heterocycles. The van der Waals surface area contributed by atoms with E-state index in [9.17, 15) is 4.79 Å². The lowest BCUT2D eigenvalue weighted by molar-refractivity contribution is -0.128. The average molecular weight is 204 g/mol. The van der Waals surface area contributed by atoms with Gasteiger partial charge in [0.1, 0.15) is 0 Å². The molecule has 0 radical (unpaired) electrons. The van der Waals surface area contributed by atoms with Crippen molar-refractivity contribution < 1.29 is 4.79 Å². The van der Waals surface area contributed by atoms with Crippen LogP contribution in [0.4, 0.5) is 0 Å². The second-order valence-electron chi connectivity index (χ2n) is 3.39. The van der Waals surface area contributed by atoms with Crippen molar-refractivity contribution in [2.24, 2.45) is 5.84 Å². The molecule has 0 heterocycles. The Balaban J connectivity index is 2.64. The van der Waals surface area contributed by atoms with Crippen LogP contribution in [0.3, 0.4) is 0 Å². The van der Waals surface area contributed by atoms with Crippen LogP contribution < -0.4 is 5.84 Å². The third-order valence-corrected chi connectivity index (χ3v) is 2.23. The van der Waals surface area contributed by atoms with Crippen LogP contribution in [0, 0.1) is 0 Å². The van der Waals surface area contributed by atoms with Crippen molar-refractivity contribution in [1.82, 2.24) is 5.01 Å². The number of carbonyl (C=O) groups is 1. The molecule has 0 saturated heterocycles. The van der Waals surface area contributed by atoms with Crippen LogP contribution in [0.1, 0.15) is 19.4 Å². The van der Waals surface area contributed by atoms with Gasteiger partial charge in [-0.05, 0) is 19.4 Å². The molecule has 0 spiro atoms. The molecule has 0 aliphatic carbocycles. The summed E-state index contributed by atoms with van der Waals surface area (Å²) < 4.78 is 0. The molecular formula is C12H16N2O. The van der Waals surface area contributed by atoms with Crippen LogP contribution in [-0.4, -0.2) is 10.9 Å². The summed E-state index contributed by atoms with van der Waals surface area (Å²) in [5.41, 5.74) is 1.69. The first-order valence-corrected chi connectivity index (χ1v) is 4.88. The van der Waals surface area contributed by atoms with Gasteiger partial charge in [-0.2, -0.15) is 0 Å². The van der Waals surface area contributed by atoms with Crippen LogP contribution in [0.15, 0.2) is 42.0 Å². The maximum atomic E-state index is 11.6. The number of rotatable bonds is 3. The van der Waals surface area contributed by atoms with Crippen molar-refractivity contribution >= 4 is 5.91 Å². The van der Waals surface area contributed by atoms with E-state index < -0.39 is 0 Å². The maximum Gasteiger partial charge on any atom is 0.263 e. The summed E-state index contributed by atoms with van der Waals surface area (Å²) in [5.74, 6) is 5.53. The number of hydrogen-bond donors (Lipinski definition) is 1. The van der Waals surface area contributed by atoms with Crippen molar-refractivity contribution in [1.29, 1.82) is 0 Å². The first kappa shape index (κ1) is 11.5. The summed E-state index contributed by atoms with van der Waals surface area (Å²) in [5, 5.41) is 1.23. The number of hydrazine groups is 1. The van der Waals surface area contributed by atoms with Crippen molar-refractivity contribution in [2.45, 2.75) is 20.4 Å². The SMILES string of the molecule is CC=C(C)C(=O)N(N)Cc1ccccc1. The fourth-order valence-electron chi connectivity index (χ4n) is 1.20. The fourth-order valence-corrected chi connectivity index (χ4v) is 1.20. The molecule has 1 aromatic carbocycles. The second kappa shape index (κ2) is 5.32. The molecule has 3 nitrogen and oxygen atoms in total. The third kappa shape index (κ3) is 3.22. The van der Waals surface area contributed by atoms with Crippen LogP contribution >= 0.6 is 0 Å². The largest absolute Gasteiger partial charge is 0.272 e. The zero-order chi connectivity index (χ0) is 11.3. The Labute approximate surface area is 90.2 Å². The molecule has 80 valence electrons. The smallest absolute Gasteiger partial charge is 0.263 e. The lowest BCUT2D eigenvalue weighted by atomic mass is 10.2. The fraction of sp³-hybridized carbons (Fsp3) is 0.250. The summed E-state index contributed by atoms with van der Waals surface area (Å²) in [6.45, 7) is 4.02. The van der Waals surface area contributed by atoms with Crippen LogP contribution in [0.2, 0.25) is 0 Å². The Morgan fingerprint density at radius 3 is 2.53 bits per heavy atom. The second-order valence-corrected chi connectivity index (χ2v) is 3.39.